The first kappa shape index (κ1) is 12.3. The van der Waals surface area contributed by atoms with E-state index in [-0.39, 0.29) is 11.1 Å². The third kappa shape index (κ3) is 2.58. The molecule has 92 valence electrons. The quantitative estimate of drug-likeness (QED) is 0.905. The highest BCUT2D eigenvalue weighted by molar-refractivity contribution is 6.31. The molecule has 1 heterocycles. The molecule has 0 bridgehead atoms. The van der Waals surface area contributed by atoms with E-state index in [1.165, 1.54) is 12.1 Å². The van der Waals surface area contributed by atoms with Crippen LogP contribution >= 0.6 is 11.6 Å². The molecule has 0 saturated heterocycles. The van der Waals surface area contributed by atoms with Gasteiger partial charge in [-0.25, -0.2) is 9.37 Å². The molecule has 2 rings (SSSR count). The molecule has 5 heteroatoms. The fourth-order valence-corrected chi connectivity index (χ4v) is 1.81. The summed E-state index contributed by atoms with van der Waals surface area (Å²) in [5, 5.41) is 0.0412. The molecule has 2 aromatic rings. The lowest BCUT2D eigenvalue weighted by atomic mass is 10.1. The van der Waals surface area contributed by atoms with Crippen LogP contribution in [0, 0.1) is 5.82 Å². The second kappa shape index (κ2) is 5.02. The second-order valence-electron chi connectivity index (χ2n) is 4.03. The summed E-state index contributed by atoms with van der Waals surface area (Å²) in [6.45, 7) is 2.09. The summed E-state index contributed by atoms with van der Waals surface area (Å²) in [6.07, 6.45) is 2.88. The highest BCUT2D eigenvalue weighted by Crippen LogP contribution is 2.26. The maximum Gasteiger partial charge on any atom is 0.212 e. The van der Waals surface area contributed by atoms with E-state index in [4.69, 9.17) is 21.8 Å². The number of fused-ring (bicyclic) bond motifs is 1. The van der Waals surface area contributed by atoms with Crippen molar-refractivity contribution in [1.29, 1.82) is 0 Å². The Hall–Kier alpha value is -1.13. The van der Waals surface area contributed by atoms with Crippen LogP contribution in [0.25, 0.3) is 11.1 Å². The first-order chi connectivity index (χ1) is 8.11. The summed E-state index contributed by atoms with van der Waals surface area (Å²) in [7, 11) is 0. The highest BCUT2D eigenvalue weighted by atomic mass is 35.5. The van der Waals surface area contributed by atoms with Crippen LogP contribution in [0.15, 0.2) is 16.5 Å². The summed E-state index contributed by atoms with van der Waals surface area (Å²) >= 11 is 5.67. The Bertz CT molecular complexity index is 487. The Balaban J connectivity index is 2.31. The number of unbranched alkanes of at least 4 members (excludes halogenated alkanes) is 1. The normalized spacial score (nSPS) is 13.2. The lowest BCUT2D eigenvalue weighted by Gasteiger charge is -2.04. The SMILES string of the molecule is CCCCC(N)c1nc2cc(Cl)c(F)cc2o1. The van der Waals surface area contributed by atoms with Crippen molar-refractivity contribution >= 4 is 22.7 Å². The average molecular weight is 257 g/mol. The van der Waals surface area contributed by atoms with Crippen LogP contribution in [0.5, 0.6) is 0 Å². The second-order valence-corrected chi connectivity index (χ2v) is 4.44. The van der Waals surface area contributed by atoms with Gasteiger partial charge in [0, 0.05) is 6.07 Å². The lowest BCUT2D eigenvalue weighted by molar-refractivity contribution is 0.449. The van der Waals surface area contributed by atoms with Gasteiger partial charge in [0.05, 0.1) is 11.1 Å². The fraction of sp³-hybridized carbons (Fsp3) is 0.417. The average Bonchev–Trinajstić information content (AvgIpc) is 2.69. The van der Waals surface area contributed by atoms with Gasteiger partial charge >= 0.3 is 0 Å². The zero-order valence-corrected chi connectivity index (χ0v) is 10.3. The van der Waals surface area contributed by atoms with Gasteiger partial charge in [0.25, 0.3) is 0 Å². The lowest BCUT2D eigenvalue weighted by Crippen LogP contribution is -2.10. The molecule has 0 saturated carbocycles. The van der Waals surface area contributed by atoms with E-state index in [1.54, 1.807) is 0 Å². The number of hydrogen-bond acceptors (Lipinski definition) is 3. The zero-order valence-electron chi connectivity index (χ0n) is 9.54. The number of halogens is 2. The number of oxazole rings is 1. The minimum atomic E-state index is -0.510. The molecule has 0 spiro atoms. The number of nitrogens with zero attached hydrogens (tertiary/aromatic N) is 1. The number of benzene rings is 1. The third-order valence-electron chi connectivity index (χ3n) is 2.63. The number of aromatic nitrogens is 1. The molecule has 1 atom stereocenters. The van der Waals surface area contributed by atoms with Crippen LogP contribution in [-0.4, -0.2) is 4.98 Å². The van der Waals surface area contributed by atoms with Crippen molar-refractivity contribution in [2.24, 2.45) is 5.73 Å². The Labute approximate surface area is 104 Å². The van der Waals surface area contributed by atoms with Gasteiger partial charge in [-0.1, -0.05) is 31.4 Å². The molecule has 0 aliphatic heterocycles. The van der Waals surface area contributed by atoms with Gasteiger partial charge in [0.1, 0.15) is 11.3 Å². The van der Waals surface area contributed by atoms with Gasteiger partial charge in [-0.2, -0.15) is 0 Å². The van der Waals surface area contributed by atoms with Crippen molar-refractivity contribution in [3.8, 4) is 0 Å². The molecular weight excluding hydrogens is 243 g/mol. The van der Waals surface area contributed by atoms with Gasteiger partial charge in [-0.15, -0.1) is 0 Å². The minimum Gasteiger partial charge on any atom is -0.439 e. The van der Waals surface area contributed by atoms with Crippen molar-refractivity contribution in [3.63, 3.8) is 0 Å². The highest BCUT2D eigenvalue weighted by Gasteiger charge is 2.15. The van der Waals surface area contributed by atoms with Crippen LogP contribution in [-0.2, 0) is 0 Å². The molecule has 0 fully saturated rings. The van der Waals surface area contributed by atoms with Gasteiger partial charge in [-0.3, -0.25) is 0 Å². The van der Waals surface area contributed by atoms with Gasteiger partial charge in [0.2, 0.25) is 5.89 Å². The smallest absolute Gasteiger partial charge is 0.212 e. The summed E-state index contributed by atoms with van der Waals surface area (Å²) in [5.41, 5.74) is 6.86. The van der Waals surface area contributed by atoms with E-state index in [0.29, 0.717) is 17.0 Å². The summed E-state index contributed by atoms with van der Waals surface area (Å²) in [4.78, 5) is 4.22. The van der Waals surface area contributed by atoms with Gasteiger partial charge in [-0.05, 0) is 12.5 Å². The Morgan fingerprint density at radius 2 is 2.29 bits per heavy atom. The molecule has 3 nitrogen and oxygen atoms in total. The van der Waals surface area contributed by atoms with E-state index in [0.717, 1.165) is 19.3 Å². The molecule has 0 aliphatic carbocycles. The monoisotopic (exact) mass is 256 g/mol. The molecular formula is C12H14ClFN2O. The van der Waals surface area contributed by atoms with Crippen molar-refractivity contribution in [2.75, 3.05) is 0 Å². The molecule has 2 N–H and O–H groups in total. The maximum atomic E-state index is 13.2. The third-order valence-corrected chi connectivity index (χ3v) is 2.92. The van der Waals surface area contributed by atoms with Crippen LogP contribution < -0.4 is 5.73 Å². The molecule has 17 heavy (non-hydrogen) atoms. The van der Waals surface area contributed by atoms with Gasteiger partial charge < -0.3 is 10.2 Å². The Morgan fingerprint density at radius 1 is 1.53 bits per heavy atom. The molecule has 1 unspecified atom stereocenters. The van der Waals surface area contributed by atoms with E-state index >= 15 is 0 Å². The number of rotatable bonds is 4. The first-order valence-corrected chi connectivity index (χ1v) is 6.00. The van der Waals surface area contributed by atoms with Crippen molar-refractivity contribution in [1.82, 2.24) is 4.98 Å². The van der Waals surface area contributed by atoms with E-state index in [9.17, 15) is 4.39 Å². The molecule has 0 amide bonds. The number of hydrogen-bond donors (Lipinski definition) is 1. The largest absolute Gasteiger partial charge is 0.439 e. The van der Waals surface area contributed by atoms with Gasteiger partial charge in [0.15, 0.2) is 5.58 Å². The van der Waals surface area contributed by atoms with Crippen LogP contribution in [0.4, 0.5) is 4.39 Å². The Morgan fingerprint density at radius 3 is 3.00 bits per heavy atom. The van der Waals surface area contributed by atoms with Crippen molar-refractivity contribution in [2.45, 2.75) is 32.2 Å². The van der Waals surface area contributed by atoms with E-state index < -0.39 is 5.82 Å². The minimum absolute atomic E-state index is 0.0412. The predicted octanol–water partition coefficient (Wildman–Crippen LogP) is 3.81. The molecule has 1 aromatic heterocycles. The molecule has 0 radical (unpaired) electrons. The van der Waals surface area contributed by atoms with Crippen LogP contribution in [0.1, 0.15) is 38.1 Å². The maximum absolute atomic E-state index is 13.2. The summed E-state index contributed by atoms with van der Waals surface area (Å²) < 4.78 is 18.6. The topological polar surface area (TPSA) is 52.0 Å². The summed E-state index contributed by atoms with van der Waals surface area (Å²) in [6, 6.07) is 2.44. The standard InChI is InChI=1S/C12H14ClFN2O/c1-2-3-4-9(15)12-16-10-5-7(13)8(14)6-11(10)17-12/h5-6,9H,2-4,15H2,1H3. The predicted molar refractivity (Wildman–Crippen MR) is 65.4 cm³/mol. The molecule has 1 aromatic carbocycles. The molecule has 0 aliphatic rings. The van der Waals surface area contributed by atoms with E-state index in [2.05, 4.69) is 11.9 Å². The van der Waals surface area contributed by atoms with Crippen molar-refractivity contribution in [3.05, 3.63) is 28.9 Å². The zero-order chi connectivity index (χ0) is 12.4. The van der Waals surface area contributed by atoms with E-state index in [1.807, 2.05) is 0 Å². The Kier molecular flexibility index (Phi) is 3.64. The first-order valence-electron chi connectivity index (χ1n) is 5.63. The van der Waals surface area contributed by atoms with Crippen LogP contribution in [0.2, 0.25) is 5.02 Å². The fourth-order valence-electron chi connectivity index (χ4n) is 1.65. The van der Waals surface area contributed by atoms with Crippen molar-refractivity contribution < 1.29 is 8.81 Å². The van der Waals surface area contributed by atoms with Crippen LogP contribution in [0.3, 0.4) is 0 Å². The number of nitrogens with two attached hydrogens (primary N) is 1. The summed E-state index contributed by atoms with van der Waals surface area (Å²) in [5.74, 6) is -0.0703.